The van der Waals surface area contributed by atoms with Gasteiger partial charge in [-0.05, 0) is 40.5 Å². The van der Waals surface area contributed by atoms with Crippen LogP contribution in [0, 0.1) is 0 Å². The van der Waals surface area contributed by atoms with Crippen molar-refractivity contribution in [2.75, 3.05) is 39.5 Å². The Kier molecular flexibility index (Phi) is 22.2. The van der Waals surface area contributed by atoms with Crippen LogP contribution in [-0.2, 0) is 66.8 Å². The molecule has 0 aliphatic rings. The van der Waals surface area contributed by atoms with E-state index in [1.807, 2.05) is 0 Å². The average Bonchev–Trinajstić information content (AvgIpc) is 3.05. The number of hydrogen-bond acceptors (Lipinski definition) is 14. The summed E-state index contributed by atoms with van der Waals surface area (Å²) in [6.07, 6.45) is -2.18. The average molecular weight is 709 g/mol. The molecule has 0 aromatic rings. The molecule has 16 heteroatoms. The predicted molar refractivity (Wildman–Crippen MR) is 177 cm³/mol. The topological polar surface area (TPSA) is 216 Å². The molecule has 0 atom stereocenters. The summed E-state index contributed by atoms with van der Waals surface area (Å²) >= 11 is 0. The Morgan fingerprint density at radius 1 is 0.460 bits per heavy atom. The fourth-order valence-electron chi connectivity index (χ4n) is 3.20. The van der Waals surface area contributed by atoms with Gasteiger partial charge in [-0.2, -0.15) is 0 Å². The third-order valence-electron chi connectivity index (χ3n) is 5.95. The van der Waals surface area contributed by atoms with Gasteiger partial charge >= 0.3 is 35.8 Å². The normalized spacial score (nSPS) is 10.3. The van der Waals surface area contributed by atoms with Gasteiger partial charge in [-0.15, -0.1) is 0 Å². The molecule has 0 aliphatic heterocycles. The highest BCUT2D eigenvalue weighted by Crippen LogP contribution is 2.06. The van der Waals surface area contributed by atoms with Crippen molar-refractivity contribution in [2.45, 2.75) is 78.4 Å². The lowest BCUT2D eigenvalue weighted by molar-refractivity contribution is -0.164. The van der Waals surface area contributed by atoms with E-state index in [1.165, 1.54) is 27.7 Å². The van der Waals surface area contributed by atoms with Crippen molar-refractivity contribution in [3.8, 4) is 0 Å². The summed E-state index contributed by atoms with van der Waals surface area (Å²) in [6.45, 7) is 18.5. The molecule has 0 saturated carbocycles. The fourth-order valence-corrected chi connectivity index (χ4v) is 3.20. The maximum Gasteiger partial charge on any atom is 0.333 e. The highest BCUT2D eigenvalue weighted by molar-refractivity contribution is 5.88. The van der Waals surface area contributed by atoms with Gasteiger partial charge in [0.05, 0.1) is 12.8 Å². The molecule has 0 spiro atoms. The highest BCUT2D eigenvalue weighted by Gasteiger charge is 2.22. The molecule has 0 fully saturated rings. The summed E-state index contributed by atoms with van der Waals surface area (Å²) in [6, 6.07) is 0. The van der Waals surface area contributed by atoms with E-state index in [9.17, 15) is 38.4 Å². The van der Waals surface area contributed by atoms with Crippen LogP contribution in [0.4, 0.5) is 0 Å². The van der Waals surface area contributed by atoms with E-state index >= 15 is 0 Å². The Morgan fingerprint density at radius 2 is 0.720 bits per heavy atom. The second-order valence-corrected chi connectivity index (χ2v) is 11.1. The van der Waals surface area contributed by atoms with E-state index in [4.69, 9.17) is 28.4 Å². The highest BCUT2D eigenvalue weighted by atomic mass is 16.6. The van der Waals surface area contributed by atoms with Gasteiger partial charge in [-0.1, -0.05) is 26.3 Å². The Balaban J connectivity index is 4.42. The Bertz CT molecular complexity index is 1140. The SMILES string of the molecule is C=C(C)C(=O)OCC(COC(=O)C(=C)C)OC(=O)CCC(=O)NCCCCNC(=O)CCC(=O)OC(COC(=O)C(=C)C)COC(=O)C(=C)C. The number of carbonyl (C=O) groups excluding carboxylic acids is 8. The second kappa shape index (κ2) is 24.8. The van der Waals surface area contributed by atoms with Crippen LogP contribution in [-0.4, -0.2) is 99.4 Å². The molecule has 0 bridgehead atoms. The lowest BCUT2D eigenvalue weighted by Crippen LogP contribution is -2.32. The number of ether oxygens (including phenoxy) is 6. The Morgan fingerprint density at radius 3 is 0.960 bits per heavy atom. The van der Waals surface area contributed by atoms with Crippen LogP contribution in [0.5, 0.6) is 0 Å². The van der Waals surface area contributed by atoms with Gasteiger partial charge in [0, 0.05) is 48.2 Å². The number of hydrogen-bond donors (Lipinski definition) is 2. The van der Waals surface area contributed by atoms with Crippen LogP contribution >= 0.6 is 0 Å². The van der Waals surface area contributed by atoms with E-state index in [1.54, 1.807) is 0 Å². The van der Waals surface area contributed by atoms with Crippen LogP contribution in [0.3, 0.4) is 0 Å². The van der Waals surface area contributed by atoms with E-state index in [0.29, 0.717) is 12.8 Å². The standard InChI is InChI=1S/C34H48N2O14/c1-21(2)31(41)45-17-25(18-46-32(42)22(3)4)49-29(39)13-11-27(37)35-15-9-10-16-36-28(38)12-14-30(40)50-26(19-47-33(43)23(5)6)20-48-34(44)24(7)8/h25-26H,1,3,5,7,9-20H2,2,4,6,8H3,(H,35,37)(H,36,38). The van der Waals surface area contributed by atoms with Gasteiger partial charge in [0.1, 0.15) is 26.4 Å². The summed E-state index contributed by atoms with van der Waals surface area (Å²) in [7, 11) is 0. The summed E-state index contributed by atoms with van der Waals surface area (Å²) in [5, 5.41) is 5.28. The molecule has 0 saturated heterocycles. The van der Waals surface area contributed by atoms with Crippen molar-refractivity contribution in [3.63, 3.8) is 0 Å². The molecule has 50 heavy (non-hydrogen) atoms. The zero-order valence-corrected chi connectivity index (χ0v) is 29.2. The van der Waals surface area contributed by atoms with Gasteiger partial charge in [0.2, 0.25) is 11.8 Å². The molecule has 0 unspecified atom stereocenters. The fraction of sp³-hybridized carbons (Fsp3) is 0.529. The Hall–Kier alpha value is -5.28. The van der Waals surface area contributed by atoms with E-state index < -0.39 is 86.3 Å². The Labute approximate surface area is 291 Å². The lowest BCUT2D eigenvalue weighted by atomic mass is 10.2. The molecule has 2 N–H and O–H groups in total. The molecule has 0 aliphatic carbocycles. The van der Waals surface area contributed by atoms with Crippen LogP contribution < -0.4 is 10.6 Å². The minimum atomic E-state index is -1.11. The lowest BCUT2D eigenvalue weighted by Gasteiger charge is -2.18. The molecule has 0 aromatic carbocycles. The molecule has 0 rings (SSSR count). The van der Waals surface area contributed by atoms with Crippen molar-refractivity contribution in [1.82, 2.24) is 10.6 Å². The predicted octanol–water partition coefficient (Wildman–Crippen LogP) is 1.86. The van der Waals surface area contributed by atoms with Crippen molar-refractivity contribution in [2.24, 2.45) is 0 Å². The van der Waals surface area contributed by atoms with Crippen molar-refractivity contribution >= 4 is 47.6 Å². The third-order valence-corrected chi connectivity index (χ3v) is 5.95. The third kappa shape index (κ3) is 22.3. The van der Waals surface area contributed by atoms with Gasteiger partial charge < -0.3 is 39.1 Å². The molecule has 0 aromatic heterocycles. The minimum Gasteiger partial charge on any atom is -0.458 e. The monoisotopic (exact) mass is 708 g/mol. The first-order chi connectivity index (χ1) is 23.4. The summed E-state index contributed by atoms with van der Waals surface area (Å²) in [4.78, 5) is 95.5. The number of esters is 6. The van der Waals surface area contributed by atoms with Crippen molar-refractivity contribution in [1.29, 1.82) is 0 Å². The molecular weight excluding hydrogens is 660 g/mol. The van der Waals surface area contributed by atoms with Crippen molar-refractivity contribution in [3.05, 3.63) is 48.6 Å². The molecule has 0 heterocycles. The van der Waals surface area contributed by atoms with Gasteiger partial charge in [-0.25, -0.2) is 19.2 Å². The van der Waals surface area contributed by atoms with E-state index in [-0.39, 0.29) is 61.1 Å². The second-order valence-electron chi connectivity index (χ2n) is 11.1. The number of unbranched alkanes of at least 4 members (excludes halogenated alkanes) is 1. The maximum absolute atomic E-state index is 12.3. The first kappa shape index (κ1) is 44.7. The molecular formula is C34H48N2O14. The smallest absolute Gasteiger partial charge is 0.333 e. The number of carbonyl (C=O) groups is 8. The maximum atomic E-state index is 12.3. The molecule has 278 valence electrons. The first-order valence-corrected chi connectivity index (χ1v) is 15.7. The number of rotatable bonds is 25. The van der Waals surface area contributed by atoms with Crippen LogP contribution in [0.2, 0.25) is 0 Å². The van der Waals surface area contributed by atoms with Gasteiger partial charge in [0.15, 0.2) is 12.2 Å². The van der Waals surface area contributed by atoms with Crippen molar-refractivity contribution < 1.29 is 66.8 Å². The van der Waals surface area contributed by atoms with Crippen LogP contribution in [0.15, 0.2) is 48.6 Å². The van der Waals surface area contributed by atoms with Gasteiger partial charge in [-0.3, -0.25) is 19.2 Å². The molecule has 0 radical (unpaired) electrons. The summed E-state index contributed by atoms with van der Waals surface area (Å²) < 4.78 is 30.3. The molecule has 2 amide bonds. The summed E-state index contributed by atoms with van der Waals surface area (Å²) in [5.74, 6) is -5.28. The number of amides is 2. The van der Waals surface area contributed by atoms with Gasteiger partial charge in [0.25, 0.3) is 0 Å². The largest absolute Gasteiger partial charge is 0.458 e. The minimum absolute atomic E-state index is 0.125. The van der Waals surface area contributed by atoms with Crippen LogP contribution in [0.1, 0.15) is 66.2 Å². The zero-order chi connectivity index (χ0) is 38.2. The van der Waals surface area contributed by atoms with E-state index in [0.717, 1.165) is 0 Å². The quantitative estimate of drug-likeness (QED) is 0.0599. The zero-order valence-electron chi connectivity index (χ0n) is 29.2. The first-order valence-electron chi connectivity index (χ1n) is 15.7. The molecule has 16 nitrogen and oxygen atoms in total. The summed E-state index contributed by atoms with van der Waals surface area (Å²) in [5.41, 5.74) is 0.500. The number of nitrogens with one attached hydrogen (secondary N) is 2. The van der Waals surface area contributed by atoms with E-state index in [2.05, 4.69) is 36.9 Å². The van der Waals surface area contributed by atoms with Crippen LogP contribution in [0.25, 0.3) is 0 Å².